The van der Waals surface area contributed by atoms with Crippen molar-refractivity contribution in [1.29, 1.82) is 0 Å². The SMILES string of the molecule is CNC(C)(CCCCSc1ncc[nH]1)C(N)=O. The number of likely N-dealkylation sites (N-methyl/N-ethyl adjacent to an activating group) is 1. The second-order valence-electron chi connectivity index (χ2n) is 4.15. The molecule has 0 bridgehead atoms. The summed E-state index contributed by atoms with van der Waals surface area (Å²) in [6.07, 6.45) is 6.32. The van der Waals surface area contributed by atoms with Gasteiger partial charge in [0.25, 0.3) is 0 Å². The Labute approximate surface area is 106 Å². The maximum atomic E-state index is 11.2. The van der Waals surface area contributed by atoms with Crippen LogP contribution < -0.4 is 11.1 Å². The summed E-state index contributed by atoms with van der Waals surface area (Å²) in [6.45, 7) is 1.84. The first kappa shape index (κ1) is 14.1. The molecule has 1 rings (SSSR count). The number of hydrogen-bond donors (Lipinski definition) is 3. The molecule has 0 radical (unpaired) electrons. The molecule has 5 nitrogen and oxygen atoms in total. The largest absolute Gasteiger partial charge is 0.368 e. The van der Waals surface area contributed by atoms with Gasteiger partial charge < -0.3 is 16.0 Å². The van der Waals surface area contributed by atoms with Crippen molar-refractivity contribution in [2.75, 3.05) is 12.8 Å². The number of nitrogens with one attached hydrogen (secondary N) is 2. The molecular weight excluding hydrogens is 236 g/mol. The second-order valence-corrected chi connectivity index (χ2v) is 5.23. The topological polar surface area (TPSA) is 83.8 Å². The first-order valence-corrected chi connectivity index (χ1v) is 6.68. The number of rotatable bonds is 8. The summed E-state index contributed by atoms with van der Waals surface area (Å²) in [5, 5.41) is 3.92. The van der Waals surface area contributed by atoms with E-state index in [1.54, 1.807) is 25.0 Å². The molecule has 0 saturated carbocycles. The quantitative estimate of drug-likeness (QED) is 0.481. The second kappa shape index (κ2) is 6.66. The van der Waals surface area contributed by atoms with Gasteiger partial charge in [0.1, 0.15) is 0 Å². The van der Waals surface area contributed by atoms with Crippen molar-refractivity contribution in [3.05, 3.63) is 12.4 Å². The molecule has 96 valence electrons. The van der Waals surface area contributed by atoms with Crippen LogP contribution in [0.3, 0.4) is 0 Å². The van der Waals surface area contributed by atoms with Gasteiger partial charge >= 0.3 is 0 Å². The Bertz CT molecular complexity index is 341. The van der Waals surface area contributed by atoms with Crippen molar-refractivity contribution in [2.24, 2.45) is 5.73 Å². The van der Waals surface area contributed by atoms with Crippen LogP contribution in [-0.2, 0) is 4.79 Å². The standard InChI is InChI=1S/C11H20N4OS/c1-11(13-2,9(12)16)5-3-4-8-17-10-14-6-7-15-10/h6-7,13H,3-5,8H2,1-2H3,(H2,12,16)(H,14,15). The predicted octanol–water partition coefficient (Wildman–Crippen LogP) is 1.14. The van der Waals surface area contributed by atoms with Gasteiger partial charge in [-0.3, -0.25) is 4.79 Å². The minimum Gasteiger partial charge on any atom is -0.368 e. The molecule has 0 aliphatic heterocycles. The van der Waals surface area contributed by atoms with Gasteiger partial charge in [0.2, 0.25) is 5.91 Å². The first-order valence-electron chi connectivity index (χ1n) is 5.69. The Morgan fingerprint density at radius 1 is 1.65 bits per heavy atom. The van der Waals surface area contributed by atoms with Crippen LogP contribution in [0.25, 0.3) is 0 Å². The lowest BCUT2D eigenvalue weighted by Crippen LogP contribution is -2.51. The monoisotopic (exact) mass is 256 g/mol. The molecule has 1 amide bonds. The highest BCUT2D eigenvalue weighted by Gasteiger charge is 2.27. The Balaban J connectivity index is 2.17. The van der Waals surface area contributed by atoms with Gasteiger partial charge in [-0.05, 0) is 26.8 Å². The molecule has 1 aromatic heterocycles. The van der Waals surface area contributed by atoms with Crippen LogP contribution >= 0.6 is 11.8 Å². The van der Waals surface area contributed by atoms with Gasteiger partial charge in [0.05, 0.1) is 5.54 Å². The zero-order chi connectivity index (χ0) is 12.7. The van der Waals surface area contributed by atoms with Crippen LogP contribution in [0.15, 0.2) is 17.6 Å². The number of H-pyrrole nitrogens is 1. The lowest BCUT2D eigenvalue weighted by atomic mass is 9.94. The minimum atomic E-state index is -0.588. The Kier molecular flexibility index (Phi) is 5.50. The van der Waals surface area contributed by atoms with E-state index in [9.17, 15) is 4.79 Å². The maximum Gasteiger partial charge on any atom is 0.237 e. The van der Waals surface area contributed by atoms with E-state index >= 15 is 0 Å². The molecule has 1 atom stereocenters. The number of imidazole rings is 1. The summed E-state index contributed by atoms with van der Waals surface area (Å²) in [7, 11) is 1.77. The third-order valence-electron chi connectivity index (χ3n) is 2.88. The number of nitrogens with zero attached hydrogens (tertiary/aromatic N) is 1. The summed E-state index contributed by atoms with van der Waals surface area (Å²) < 4.78 is 0. The molecule has 0 fully saturated rings. The van der Waals surface area contributed by atoms with Crippen molar-refractivity contribution < 1.29 is 4.79 Å². The average Bonchev–Trinajstić information content (AvgIpc) is 2.81. The maximum absolute atomic E-state index is 11.2. The molecule has 1 heterocycles. The van der Waals surface area contributed by atoms with Gasteiger partial charge in [-0.15, -0.1) is 0 Å². The Hall–Kier alpha value is -1.01. The van der Waals surface area contributed by atoms with E-state index in [0.717, 1.165) is 30.2 Å². The van der Waals surface area contributed by atoms with E-state index in [0.29, 0.717) is 0 Å². The lowest BCUT2D eigenvalue weighted by Gasteiger charge is -2.25. The van der Waals surface area contributed by atoms with Gasteiger partial charge in [-0.25, -0.2) is 4.98 Å². The molecule has 0 aromatic carbocycles. The highest BCUT2D eigenvalue weighted by Crippen LogP contribution is 2.17. The summed E-state index contributed by atoms with van der Waals surface area (Å²) in [5.74, 6) is 0.699. The van der Waals surface area contributed by atoms with Crippen LogP contribution in [0, 0.1) is 0 Å². The molecule has 1 unspecified atom stereocenters. The Morgan fingerprint density at radius 3 is 2.94 bits per heavy atom. The molecule has 0 spiro atoms. The van der Waals surface area contributed by atoms with Crippen LogP contribution in [0.4, 0.5) is 0 Å². The molecule has 0 saturated heterocycles. The van der Waals surface area contributed by atoms with Gasteiger partial charge in [0, 0.05) is 18.1 Å². The van der Waals surface area contributed by atoms with Gasteiger partial charge in [0.15, 0.2) is 5.16 Å². The van der Waals surface area contributed by atoms with E-state index in [-0.39, 0.29) is 5.91 Å². The van der Waals surface area contributed by atoms with Crippen LogP contribution in [0.1, 0.15) is 26.2 Å². The van der Waals surface area contributed by atoms with E-state index in [4.69, 9.17) is 5.73 Å². The van der Waals surface area contributed by atoms with Gasteiger partial charge in [-0.1, -0.05) is 18.2 Å². The van der Waals surface area contributed by atoms with E-state index in [1.807, 2.05) is 13.1 Å². The predicted molar refractivity (Wildman–Crippen MR) is 69.8 cm³/mol. The fourth-order valence-electron chi connectivity index (χ4n) is 1.45. The normalized spacial score (nSPS) is 14.5. The molecule has 0 aliphatic carbocycles. The molecule has 4 N–H and O–H groups in total. The van der Waals surface area contributed by atoms with E-state index in [2.05, 4.69) is 15.3 Å². The van der Waals surface area contributed by atoms with Crippen molar-refractivity contribution in [1.82, 2.24) is 15.3 Å². The zero-order valence-corrected chi connectivity index (χ0v) is 11.1. The highest BCUT2D eigenvalue weighted by atomic mass is 32.2. The van der Waals surface area contributed by atoms with Crippen molar-refractivity contribution in [2.45, 2.75) is 36.9 Å². The van der Waals surface area contributed by atoms with Crippen LogP contribution in [0.5, 0.6) is 0 Å². The third-order valence-corrected chi connectivity index (χ3v) is 3.87. The van der Waals surface area contributed by atoms with Crippen molar-refractivity contribution >= 4 is 17.7 Å². The molecule has 0 aliphatic rings. The smallest absolute Gasteiger partial charge is 0.237 e. The fourth-order valence-corrected chi connectivity index (χ4v) is 2.28. The zero-order valence-electron chi connectivity index (χ0n) is 10.3. The molecule has 1 aromatic rings. The van der Waals surface area contributed by atoms with Crippen LogP contribution in [0.2, 0.25) is 0 Å². The number of unbranched alkanes of at least 4 members (excludes halogenated alkanes) is 1. The summed E-state index contributed by atoms with van der Waals surface area (Å²) in [5.41, 5.74) is 4.76. The lowest BCUT2D eigenvalue weighted by molar-refractivity contribution is -0.123. The Morgan fingerprint density at radius 2 is 2.41 bits per heavy atom. The summed E-state index contributed by atoms with van der Waals surface area (Å²) in [6, 6.07) is 0. The number of aromatic amines is 1. The first-order chi connectivity index (χ1) is 8.08. The number of carbonyl (C=O) groups is 1. The number of carbonyl (C=O) groups excluding carboxylic acids is 1. The van der Waals surface area contributed by atoms with Crippen molar-refractivity contribution in [3.8, 4) is 0 Å². The van der Waals surface area contributed by atoms with Crippen molar-refractivity contribution in [3.63, 3.8) is 0 Å². The number of thioether (sulfide) groups is 1. The van der Waals surface area contributed by atoms with E-state index in [1.165, 1.54) is 0 Å². The number of nitrogens with two attached hydrogens (primary N) is 1. The number of hydrogen-bond acceptors (Lipinski definition) is 4. The fraction of sp³-hybridized carbons (Fsp3) is 0.636. The molecule has 17 heavy (non-hydrogen) atoms. The summed E-state index contributed by atoms with van der Waals surface area (Å²) in [4.78, 5) is 18.4. The third kappa shape index (κ3) is 4.40. The van der Waals surface area contributed by atoms with Crippen LogP contribution in [-0.4, -0.2) is 34.2 Å². The molecular formula is C11H20N4OS. The minimum absolute atomic E-state index is 0.293. The summed E-state index contributed by atoms with van der Waals surface area (Å²) >= 11 is 1.69. The van der Waals surface area contributed by atoms with E-state index < -0.39 is 5.54 Å². The molecule has 6 heteroatoms. The number of primary amides is 1. The average molecular weight is 256 g/mol. The number of amides is 1. The number of aromatic nitrogens is 2. The van der Waals surface area contributed by atoms with Gasteiger partial charge in [-0.2, -0.15) is 0 Å². The highest BCUT2D eigenvalue weighted by molar-refractivity contribution is 7.99.